The second-order valence-electron chi connectivity index (χ2n) is 3.10. The maximum Gasteiger partial charge on any atom is 0.270 e. The van der Waals surface area contributed by atoms with E-state index in [0.717, 1.165) is 0 Å². The van der Waals surface area contributed by atoms with Crippen LogP contribution in [0.1, 0.15) is 5.56 Å². The molecule has 6 nitrogen and oxygen atoms in total. The van der Waals surface area contributed by atoms with Crippen LogP contribution in [0.3, 0.4) is 0 Å². The second-order valence-corrected chi connectivity index (χ2v) is 3.10. The van der Waals surface area contributed by atoms with Crippen LogP contribution in [0.4, 0.5) is 5.69 Å². The molecule has 86 valence electrons. The summed E-state index contributed by atoms with van der Waals surface area (Å²) in [5, 5.41) is 21.6. The number of carbonyl (C=O) groups excluding carboxylic acids is 1. The number of amides is 1. The molecule has 0 bridgehead atoms. The highest BCUT2D eigenvalue weighted by Gasteiger charge is 2.08. The number of carbonyl (C=O) groups is 1. The predicted octanol–water partition coefficient (Wildman–Crippen LogP) is 1.25. The second kappa shape index (κ2) is 5.42. The van der Waals surface area contributed by atoms with E-state index in [1.54, 1.807) is 12.1 Å². The van der Waals surface area contributed by atoms with Crippen LogP contribution in [-0.2, 0) is 4.79 Å². The summed E-state index contributed by atoms with van der Waals surface area (Å²) in [6, 6.07) is 7.42. The molecular weight excluding hydrogens is 222 g/mol. The van der Waals surface area contributed by atoms with E-state index in [-0.39, 0.29) is 11.3 Å². The summed E-state index contributed by atoms with van der Waals surface area (Å²) in [6.07, 6.45) is 1.30. The highest BCUT2D eigenvalue weighted by atomic mass is 16.6. The Labute approximate surface area is 97.3 Å². The Bertz CT molecular complexity index is 529. The lowest BCUT2D eigenvalue weighted by Gasteiger charge is -1.97. The number of non-ortho nitro benzene ring substituents is 1. The first-order valence-corrected chi connectivity index (χ1v) is 4.67. The first kappa shape index (κ1) is 12.4. The van der Waals surface area contributed by atoms with Gasteiger partial charge in [-0.05, 0) is 11.6 Å². The molecule has 0 heterocycles. The predicted molar refractivity (Wildman–Crippen MR) is 60.8 cm³/mol. The van der Waals surface area contributed by atoms with Crippen LogP contribution in [0, 0.1) is 21.4 Å². The number of nitro benzene ring substituents is 1. The summed E-state index contributed by atoms with van der Waals surface area (Å²) in [7, 11) is 1.40. The summed E-state index contributed by atoms with van der Waals surface area (Å²) >= 11 is 0. The van der Waals surface area contributed by atoms with Crippen molar-refractivity contribution < 1.29 is 9.72 Å². The fourth-order valence-corrected chi connectivity index (χ4v) is 1.18. The average molecular weight is 231 g/mol. The minimum atomic E-state index is -0.538. The standard InChI is InChI=1S/C11H9N3O3/c1-13-11(15)9(7-12)5-8-3-2-4-10(6-8)14(16)17/h2-6H,1H3,(H,13,15)/b9-5+. The third-order valence-corrected chi connectivity index (χ3v) is 1.98. The number of likely N-dealkylation sites (N-methyl/N-ethyl adjacent to an activating group) is 1. The zero-order valence-electron chi connectivity index (χ0n) is 9.01. The molecule has 1 amide bonds. The number of benzene rings is 1. The molecule has 0 aliphatic rings. The van der Waals surface area contributed by atoms with E-state index in [2.05, 4.69) is 5.32 Å². The molecule has 1 aromatic carbocycles. The first-order valence-electron chi connectivity index (χ1n) is 4.67. The Morgan fingerprint density at radius 2 is 2.29 bits per heavy atom. The van der Waals surface area contributed by atoms with Gasteiger partial charge in [0.15, 0.2) is 0 Å². The zero-order chi connectivity index (χ0) is 12.8. The Kier molecular flexibility index (Phi) is 3.95. The summed E-state index contributed by atoms with van der Waals surface area (Å²) in [5.74, 6) is -0.529. The van der Waals surface area contributed by atoms with Crippen LogP contribution >= 0.6 is 0 Å². The fraction of sp³-hybridized carbons (Fsp3) is 0.0909. The number of nitro groups is 1. The van der Waals surface area contributed by atoms with E-state index in [9.17, 15) is 14.9 Å². The van der Waals surface area contributed by atoms with Crippen molar-refractivity contribution in [2.45, 2.75) is 0 Å². The minimum absolute atomic E-state index is 0.0899. The van der Waals surface area contributed by atoms with Gasteiger partial charge in [0.05, 0.1) is 4.92 Å². The van der Waals surface area contributed by atoms with E-state index >= 15 is 0 Å². The molecule has 1 aromatic rings. The maximum atomic E-state index is 11.2. The van der Waals surface area contributed by atoms with Crippen LogP contribution in [0.15, 0.2) is 29.8 Å². The molecule has 0 aromatic heterocycles. The number of nitrogens with zero attached hydrogens (tertiary/aromatic N) is 2. The molecule has 1 N–H and O–H groups in total. The lowest BCUT2D eigenvalue weighted by atomic mass is 10.1. The number of nitrogens with one attached hydrogen (secondary N) is 1. The lowest BCUT2D eigenvalue weighted by Crippen LogP contribution is -2.19. The van der Waals surface area contributed by atoms with Crippen molar-refractivity contribution in [1.82, 2.24) is 5.32 Å². The molecule has 0 saturated heterocycles. The molecule has 0 aliphatic carbocycles. The van der Waals surface area contributed by atoms with Gasteiger partial charge in [-0.1, -0.05) is 12.1 Å². The zero-order valence-corrected chi connectivity index (χ0v) is 9.01. The van der Waals surface area contributed by atoms with Gasteiger partial charge in [-0.15, -0.1) is 0 Å². The van der Waals surface area contributed by atoms with E-state index < -0.39 is 10.8 Å². The molecule has 0 aliphatic heterocycles. The SMILES string of the molecule is CNC(=O)/C(C#N)=C/c1cccc([N+](=O)[O-])c1. The summed E-state index contributed by atoms with van der Waals surface area (Å²) < 4.78 is 0. The summed E-state index contributed by atoms with van der Waals surface area (Å²) in [5.41, 5.74) is 0.236. The molecule has 0 radical (unpaired) electrons. The van der Waals surface area contributed by atoms with Crippen molar-refractivity contribution in [3.63, 3.8) is 0 Å². The molecular formula is C11H9N3O3. The number of hydrogen-bond donors (Lipinski definition) is 1. The third-order valence-electron chi connectivity index (χ3n) is 1.98. The molecule has 6 heteroatoms. The molecule has 17 heavy (non-hydrogen) atoms. The van der Waals surface area contributed by atoms with Crippen LogP contribution in [0.5, 0.6) is 0 Å². The lowest BCUT2D eigenvalue weighted by molar-refractivity contribution is -0.384. The van der Waals surface area contributed by atoms with Crippen LogP contribution in [-0.4, -0.2) is 17.9 Å². The van der Waals surface area contributed by atoms with E-state index in [1.165, 1.54) is 31.3 Å². The largest absolute Gasteiger partial charge is 0.354 e. The van der Waals surface area contributed by atoms with Crippen LogP contribution in [0.25, 0.3) is 6.08 Å². The van der Waals surface area contributed by atoms with Gasteiger partial charge in [0.2, 0.25) is 0 Å². The Balaban J connectivity index is 3.13. The van der Waals surface area contributed by atoms with Crippen molar-refractivity contribution in [1.29, 1.82) is 5.26 Å². The monoisotopic (exact) mass is 231 g/mol. The fourth-order valence-electron chi connectivity index (χ4n) is 1.18. The van der Waals surface area contributed by atoms with Gasteiger partial charge in [-0.2, -0.15) is 5.26 Å². The number of hydrogen-bond acceptors (Lipinski definition) is 4. The molecule has 0 atom stereocenters. The van der Waals surface area contributed by atoms with Crippen LogP contribution in [0.2, 0.25) is 0 Å². The van der Waals surface area contributed by atoms with Gasteiger partial charge in [0, 0.05) is 19.2 Å². The van der Waals surface area contributed by atoms with Gasteiger partial charge in [-0.3, -0.25) is 14.9 Å². The van der Waals surface area contributed by atoms with Gasteiger partial charge in [0.1, 0.15) is 11.6 Å². The van der Waals surface area contributed by atoms with Crippen LogP contribution < -0.4 is 5.32 Å². The normalized spacial score (nSPS) is 10.5. The molecule has 0 unspecified atom stereocenters. The van der Waals surface area contributed by atoms with Crippen molar-refractivity contribution in [3.05, 3.63) is 45.5 Å². The molecule has 0 spiro atoms. The average Bonchev–Trinajstić information content (AvgIpc) is 2.35. The Morgan fingerprint density at radius 3 is 2.82 bits per heavy atom. The number of nitriles is 1. The quantitative estimate of drug-likeness (QED) is 0.366. The number of rotatable bonds is 3. The van der Waals surface area contributed by atoms with Crippen molar-refractivity contribution in [3.8, 4) is 6.07 Å². The highest BCUT2D eigenvalue weighted by molar-refractivity contribution is 6.01. The topological polar surface area (TPSA) is 96.0 Å². The van der Waals surface area contributed by atoms with Gasteiger partial charge in [-0.25, -0.2) is 0 Å². The van der Waals surface area contributed by atoms with E-state index in [1.807, 2.05) is 0 Å². The van der Waals surface area contributed by atoms with Gasteiger partial charge < -0.3 is 5.32 Å². The van der Waals surface area contributed by atoms with Crippen molar-refractivity contribution in [2.75, 3.05) is 7.05 Å². The summed E-state index contributed by atoms with van der Waals surface area (Å²) in [4.78, 5) is 21.2. The van der Waals surface area contributed by atoms with Crippen molar-refractivity contribution >= 4 is 17.7 Å². The van der Waals surface area contributed by atoms with Gasteiger partial charge >= 0.3 is 0 Å². The smallest absolute Gasteiger partial charge is 0.270 e. The minimum Gasteiger partial charge on any atom is -0.354 e. The first-order chi connectivity index (χ1) is 8.08. The molecule has 0 saturated carbocycles. The van der Waals surface area contributed by atoms with Gasteiger partial charge in [0.25, 0.3) is 11.6 Å². The highest BCUT2D eigenvalue weighted by Crippen LogP contribution is 2.15. The maximum absolute atomic E-state index is 11.2. The Hall–Kier alpha value is -2.68. The van der Waals surface area contributed by atoms with E-state index in [4.69, 9.17) is 5.26 Å². The Morgan fingerprint density at radius 1 is 1.59 bits per heavy atom. The molecule has 0 fully saturated rings. The summed E-state index contributed by atoms with van der Waals surface area (Å²) in [6.45, 7) is 0. The van der Waals surface area contributed by atoms with Crippen molar-refractivity contribution in [2.24, 2.45) is 0 Å². The molecule has 1 rings (SSSR count). The third kappa shape index (κ3) is 3.14. The van der Waals surface area contributed by atoms with E-state index in [0.29, 0.717) is 5.56 Å².